The van der Waals surface area contributed by atoms with Crippen molar-refractivity contribution in [2.45, 2.75) is 32.8 Å². The molecule has 0 saturated carbocycles. The molecular weight excluding hydrogens is 460 g/mol. The van der Waals surface area contributed by atoms with Gasteiger partial charge in [-0.25, -0.2) is 0 Å². The number of furan rings is 1. The van der Waals surface area contributed by atoms with E-state index in [1.165, 1.54) is 26.6 Å². The van der Waals surface area contributed by atoms with Crippen molar-refractivity contribution in [3.63, 3.8) is 0 Å². The van der Waals surface area contributed by atoms with Gasteiger partial charge in [0.05, 0.1) is 26.6 Å². The largest absolute Gasteiger partial charge is 0.493 e. The molecule has 190 valence electrons. The Morgan fingerprint density at radius 2 is 1.75 bits per heavy atom. The third-order valence-electron chi connectivity index (χ3n) is 5.19. The second kappa shape index (κ2) is 13.0. The van der Waals surface area contributed by atoms with Gasteiger partial charge in [-0.1, -0.05) is 12.1 Å². The summed E-state index contributed by atoms with van der Waals surface area (Å²) < 4.78 is 21.5. The molecule has 2 aromatic carbocycles. The highest BCUT2D eigenvalue weighted by Crippen LogP contribution is 2.27. The fraction of sp³-hybridized carbons (Fsp3) is 0.286. The lowest BCUT2D eigenvalue weighted by molar-refractivity contribution is -0.117. The molecule has 3 aromatic rings. The number of aryl methyl sites for hydroxylation is 1. The Labute approximate surface area is 211 Å². The van der Waals surface area contributed by atoms with Gasteiger partial charge in [-0.15, -0.1) is 0 Å². The van der Waals surface area contributed by atoms with Crippen molar-refractivity contribution in [1.82, 2.24) is 10.6 Å². The van der Waals surface area contributed by atoms with Crippen LogP contribution in [-0.2, 0) is 11.2 Å². The molecule has 0 unspecified atom stereocenters. The summed E-state index contributed by atoms with van der Waals surface area (Å²) in [6.07, 6.45) is 4.63. The van der Waals surface area contributed by atoms with E-state index < -0.39 is 11.8 Å². The van der Waals surface area contributed by atoms with Crippen molar-refractivity contribution in [1.29, 1.82) is 0 Å². The lowest BCUT2D eigenvalue weighted by Crippen LogP contribution is -2.35. The van der Waals surface area contributed by atoms with Gasteiger partial charge in [0, 0.05) is 18.2 Å². The fourth-order valence-electron chi connectivity index (χ4n) is 3.44. The molecule has 1 heterocycles. The van der Waals surface area contributed by atoms with Gasteiger partial charge >= 0.3 is 0 Å². The number of benzene rings is 2. The number of carbonyl (C=O) groups is 2. The molecule has 2 amide bonds. The van der Waals surface area contributed by atoms with Crippen LogP contribution in [0.15, 0.2) is 71.0 Å². The Morgan fingerprint density at radius 1 is 1.00 bits per heavy atom. The Hall–Kier alpha value is -4.20. The molecule has 0 fully saturated rings. The first-order valence-corrected chi connectivity index (χ1v) is 11.7. The molecule has 0 radical (unpaired) electrons. The van der Waals surface area contributed by atoms with Gasteiger partial charge in [-0.05, 0) is 74.7 Å². The number of hydrogen-bond acceptors (Lipinski definition) is 6. The van der Waals surface area contributed by atoms with Crippen LogP contribution in [0.1, 0.15) is 41.9 Å². The lowest BCUT2D eigenvalue weighted by Gasteiger charge is -2.13. The maximum absolute atomic E-state index is 12.9. The third kappa shape index (κ3) is 7.66. The zero-order chi connectivity index (χ0) is 25.9. The van der Waals surface area contributed by atoms with E-state index in [1.807, 2.05) is 38.1 Å². The number of carbonyl (C=O) groups excluding carboxylic acids is 2. The minimum Gasteiger partial charge on any atom is -0.493 e. The van der Waals surface area contributed by atoms with E-state index in [-0.39, 0.29) is 11.8 Å². The van der Waals surface area contributed by atoms with E-state index in [9.17, 15) is 9.59 Å². The van der Waals surface area contributed by atoms with E-state index in [1.54, 1.807) is 30.3 Å². The molecule has 8 nitrogen and oxygen atoms in total. The normalized spacial score (nSPS) is 11.2. The maximum atomic E-state index is 12.9. The van der Waals surface area contributed by atoms with Gasteiger partial charge in [0.2, 0.25) is 0 Å². The van der Waals surface area contributed by atoms with E-state index in [2.05, 4.69) is 10.6 Å². The molecule has 3 rings (SSSR count). The molecule has 0 bridgehead atoms. The minimum atomic E-state index is -0.465. The number of methoxy groups -OCH3 is 2. The molecule has 0 spiro atoms. The summed E-state index contributed by atoms with van der Waals surface area (Å²) in [7, 11) is 3.01. The third-order valence-corrected chi connectivity index (χ3v) is 5.19. The van der Waals surface area contributed by atoms with Crippen molar-refractivity contribution >= 4 is 17.9 Å². The summed E-state index contributed by atoms with van der Waals surface area (Å²) in [5.74, 6) is 1.31. The van der Waals surface area contributed by atoms with Crippen LogP contribution in [0.3, 0.4) is 0 Å². The van der Waals surface area contributed by atoms with Gasteiger partial charge in [0.15, 0.2) is 11.5 Å². The number of ether oxygens (including phenoxy) is 3. The van der Waals surface area contributed by atoms with Crippen LogP contribution in [0.2, 0.25) is 0 Å². The first-order valence-electron chi connectivity index (χ1n) is 11.7. The standard InChI is InChI=1S/C28H32N2O6/c1-19(2)36-22-12-9-20(10-13-22)7-5-15-29-28(32)24(18-23-8-6-16-35-23)30-27(31)21-11-14-25(33-3)26(17-21)34-4/h6,8-14,16-19H,5,7,15H2,1-4H3,(H,29,32)(H,30,31)/b24-18-. The summed E-state index contributed by atoms with van der Waals surface area (Å²) in [4.78, 5) is 25.8. The molecule has 8 heteroatoms. The molecule has 1 aromatic heterocycles. The van der Waals surface area contributed by atoms with E-state index in [0.29, 0.717) is 29.4 Å². The monoisotopic (exact) mass is 492 g/mol. The summed E-state index contributed by atoms with van der Waals surface area (Å²) in [6, 6.07) is 16.1. The van der Waals surface area contributed by atoms with Crippen LogP contribution in [0.25, 0.3) is 6.08 Å². The predicted molar refractivity (Wildman–Crippen MR) is 137 cm³/mol. The van der Waals surface area contributed by atoms with Crippen molar-refractivity contribution < 1.29 is 28.2 Å². The molecule has 0 aliphatic heterocycles. The van der Waals surface area contributed by atoms with Crippen molar-refractivity contribution in [2.24, 2.45) is 0 Å². The van der Waals surface area contributed by atoms with Gasteiger partial charge in [-0.3, -0.25) is 9.59 Å². The first kappa shape index (κ1) is 26.4. The quantitative estimate of drug-likeness (QED) is 0.283. The van der Waals surface area contributed by atoms with Crippen LogP contribution in [0, 0.1) is 0 Å². The molecule has 0 atom stereocenters. The minimum absolute atomic E-state index is 0.0694. The van der Waals surface area contributed by atoms with Crippen LogP contribution in [0.5, 0.6) is 17.2 Å². The van der Waals surface area contributed by atoms with E-state index >= 15 is 0 Å². The number of rotatable bonds is 12. The Bertz CT molecular complexity index is 1170. The first-order chi connectivity index (χ1) is 17.4. The van der Waals surface area contributed by atoms with Crippen LogP contribution < -0.4 is 24.8 Å². The maximum Gasteiger partial charge on any atom is 0.267 e. The number of hydrogen-bond donors (Lipinski definition) is 2. The average Bonchev–Trinajstić information content (AvgIpc) is 3.39. The highest BCUT2D eigenvalue weighted by molar-refractivity contribution is 6.05. The lowest BCUT2D eigenvalue weighted by atomic mass is 10.1. The zero-order valence-corrected chi connectivity index (χ0v) is 21.0. The second-order valence-corrected chi connectivity index (χ2v) is 8.27. The van der Waals surface area contributed by atoms with E-state index in [4.69, 9.17) is 18.6 Å². The average molecular weight is 493 g/mol. The van der Waals surface area contributed by atoms with Gasteiger partial charge in [0.25, 0.3) is 11.8 Å². The molecule has 36 heavy (non-hydrogen) atoms. The zero-order valence-electron chi connectivity index (χ0n) is 21.0. The van der Waals surface area contributed by atoms with E-state index in [0.717, 1.165) is 24.2 Å². The van der Waals surface area contributed by atoms with Gasteiger partial charge < -0.3 is 29.3 Å². The van der Waals surface area contributed by atoms with Crippen molar-refractivity contribution in [2.75, 3.05) is 20.8 Å². The molecule has 0 saturated heterocycles. The Balaban J connectivity index is 1.61. The molecule has 0 aliphatic carbocycles. The van der Waals surface area contributed by atoms with Gasteiger partial charge in [0.1, 0.15) is 17.2 Å². The van der Waals surface area contributed by atoms with Crippen LogP contribution in [0.4, 0.5) is 0 Å². The predicted octanol–water partition coefficient (Wildman–Crippen LogP) is 4.60. The molecule has 0 aliphatic rings. The van der Waals surface area contributed by atoms with Crippen molar-refractivity contribution in [3.05, 3.63) is 83.4 Å². The molecule has 2 N–H and O–H groups in total. The summed E-state index contributed by atoms with van der Waals surface area (Å²) >= 11 is 0. The summed E-state index contributed by atoms with van der Waals surface area (Å²) in [6.45, 7) is 4.41. The van der Waals surface area contributed by atoms with Crippen LogP contribution >= 0.6 is 0 Å². The molecular formula is C28H32N2O6. The summed E-state index contributed by atoms with van der Waals surface area (Å²) in [5, 5.41) is 5.55. The smallest absolute Gasteiger partial charge is 0.267 e. The highest BCUT2D eigenvalue weighted by Gasteiger charge is 2.17. The Morgan fingerprint density at radius 3 is 2.39 bits per heavy atom. The number of nitrogens with one attached hydrogen (secondary N) is 2. The topological polar surface area (TPSA) is 99.0 Å². The second-order valence-electron chi connectivity index (χ2n) is 8.27. The van der Waals surface area contributed by atoms with Gasteiger partial charge in [-0.2, -0.15) is 0 Å². The number of amides is 2. The fourth-order valence-corrected chi connectivity index (χ4v) is 3.44. The SMILES string of the molecule is COc1ccc(C(=O)N/C(=C\c2ccco2)C(=O)NCCCc2ccc(OC(C)C)cc2)cc1OC. The Kier molecular flexibility index (Phi) is 9.56. The van der Waals surface area contributed by atoms with Crippen LogP contribution in [-0.4, -0.2) is 38.7 Å². The summed E-state index contributed by atoms with van der Waals surface area (Å²) in [5.41, 5.74) is 1.53. The highest BCUT2D eigenvalue weighted by atomic mass is 16.5. The van der Waals surface area contributed by atoms with Crippen molar-refractivity contribution in [3.8, 4) is 17.2 Å².